The Bertz CT molecular complexity index is 944. The number of rotatable bonds is 5. The van der Waals surface area contributed by atoms with Gasteiger partial charge in [-0.05, 0) is 36.7 Å². The van der Waals surface area contributed by atoms with E-state index in [1.54, 1.807) is 12.1 Å². The molecular weight excluding hydrogens is 583 g/mol. The van der Waals surface area contributed by atoms with Crippen LogP contribution in [0.1, 0.15) is 50.9 Å². The van der Waals surface area contributed by atoms with Gasteiger partial charge in [0.25, 0.3) is 0 Å². The third-order valence-electron chi connectivity index (χ3n) is 4.41. The van der Waals surface area contributed by atoms with Crippen LogP contribution >= 0.6 is 11.8 Å². The van der Waals surface area contributed by atoms with Crippen molar-refractivity contribution in [2.75, 3.05) is 5.32 Å². The zero-order valence-electron chi connectivity index (χ0n) is 16.3. The number of nitrogens with zero attached hydrogens (tertiary/aromatic N) is 3. The molecule has 3 N–H and O–H groups in total. The summed E-state index contributed by atoms with van der Waals surface area (Å²) in [4.78, 5) is 10.4. The van der Waals surface area contributed by atoms with Crippen LogP contribution in [-0.2, 0) is 5.41 Å². The summed E-state index contributed by atoms with van der Waals surface area (Å²) >= 11 is 1.50. The second-order valence-corrected chi connectivity index (χ2v) is 8.95. The summed E-state index contributed by atoms with van der Waals surface area (Å²) in [5.74, 6) is 2.16. The zero-order chi connectivity index (χ0) is 19.0. The fourth-order valence-electron chi connectivity index (χ4n) is 2.68. The molecule has 1 aromatic carbocycles. The smallest absolute Gasteiger partial charge is 0.194 e. The van der Waals surface area contributed by atoms with Gasteiger partial charge < -0.3 is 11.1 Å². The molecule has 0 bridgehead atoms. The van der Waals surface area contributed by atoms with E-state index in [4.69, 9.17) is 10.7 Å². The minimum Gasteiger partial charge on any atom is -0.699 e. The number of hydrogen-bond acceptors (Lipinski definition) is 5. The Kier molecular flexibility index (Phi) is 6.73. The molecule has 0 amide bonds. The molecule has 0 atom stereocenters. The van der Waals surface area contributed by atoms with Crippen molar-refractivity contribution in [1.29, 1.82) is 0 Å². The van der Waals surface area contributed by atoms with E-state index < -0.39 is 0 Å². The van der Waals surface area contributed by atoms with Gasteiger partial charge in [0.2, 0.25) is 0 Å². The van der Waals surface area contributed by atoms with Crippen LogP contribution in [0.5, 0.6) is 0 Å². The van der Waals surface area contributed by atoms with Gasteiger partial charge in [0, 0.05) is 78.1 Å². The minimum absolute atomic E-state index is 0. The zero-order valence-corrected chi connectivity index (χ0v) is 21.8. The van der Waals surface area contributed by atoms with Gasteiger partial charge in [0.15, 0.2) is 11.0 Å². The molecule has 6 nitrogen and oxygen atoms in total. The fraction of sp³-hybridized carbons (Fsp3) is 0.350. The quantitative estimate of drug-likeness (QED) is 0.351. The van der Waals surface area contributed by atoms with Crippen LogP contribution in [0, 0.1) is 44.1 Å². The molecule has 1 aliphatic carbocycles. The Hall–Kier alpha value is -1.10. The van der Waals surface area contributed by atoms with Gasteiger partial charge in [0.05, 0.1) is 5.69 Å². The SMILES string of the molecule is CC(C)(C)c1cc(Nc2cc(C3CC3)[nH]n2)nc(Sc2ccc([NH-])cc2)n1.[Ac]. The number of anilines is 2. The van der Waals surface area contributed by atoms with Gasteiger partial charge in [-0.2, -0.15) is 5.10 Å². The summed E-state index contributed by atoms with van der Waals surface area (Å²) in [6.07, 6.45) is 2.47. The summed E-state index contributed by atoms with van der Waals surface area (Å²) < 4.78 is 0. The van der Waals surface area contributed by atoms with Crippen molar-refractivity contribution in [3.63, 3.8) is 0 Å². The summed E-state index contributed by atoms with van der Waals surface area (Å²) in [6.45, 7) is 6.42. The molecule has 1 radical (unpaired) electrons. The molecule has 0 saturated heterocycles. The van der Waals surface area contributed by atoms with Crippen LogP contribution in [0.2, 0.25) is 0 Å². The number of aromatic amines is 1. The van der Waals surface area contributed by atoms with Crippen molar-refractivity contribution in [1.82, 2.24) is 20.2 Å². The molecule has 4 rings (SSSR count). The summed E-state index contributed by atoms with van der Waals surface area (Å²) in [7, 11) is 0. The number of benzene rings is 1. The van der Waals surface area contributed by atoms with Gasteiger partial charge in [0.1, 0.15) is 5.82 Å². The molecule has 143 valence electrons. The normalized spacial score (nSPS) is 13.8. The number of aromatic nitrogens is 4. The van der Waals surface area contributed by atoms with E-state index in [2.05, 4.69) is 47.3 Å². The van der Waals surface area contributed by atoms with Crippen LogP contribution in [0.25, 0.3) is 5.73 Å². The molecular formula is C20H23AcN6S-. The Balaban J connectivity index is 0.00000225. The molecule has 2 heterocycles. The fourth-order valence-corrected chi connectivity index (χ4v) is 3.45. The van der Waals surface area contributed by atoms with E-state index in [1.807, 2.05) is 18.2 Å². The Morgan fingerprint density at radius 3 is 2.43 bits per heavy atom. The number of H-pyrrole nitrogens is 1. The van der Waals surface area contributed by atoms with Crippen LogP contribution in [0.4, 0.5) is 17.3 Å². The number of hydrogen-bond donors (Lipinski definition) is 2. The largest absolute Gasteiger partial charge is 0.699 e. The Morgan fingerprint density at radius 2 is 1.79 bits per heavy atom. The van der Waals surface area contributed by atoms with E-state index in [1.165, 1.54) is 30.3 Å². The van der Waals surface area contributed by atoms with Gasteiger partial charge in [-0.25, -0.2) is 9.97 Å². The van der Waals surface area contributed by atoms with Crippen LogP contribution < -0.4 is 5.32 Å². The molecule has 0 unspecified atom stereocenters. The Morgan fingerprint density at radius 1 is 1.07 bits per heavy atom. The maximum absolute atomic E-state index is 7.62. The monoisotopic (exact) mass is 606 g/mol. The Labute approximate surface area is 205 Å². The van der Waals surface area contributed by atoms with Crippen molar-refractivity contribution in [3.05, 3.63) is 53.5 Å². The van der Waals surface area contributed by atoms with E-state index in [0.717, 1.165) is 22.2 Å². The third-order valence-corrected chi connectivity index (χ3v) is 5.28. The van der Waals surface area contributed by atoms with E-state index in [9.17, 15) is 0 Å². The topological polar surface area (TPSA) is 90.3 Å². The molecule has 1 aliphatic rings. The van der Waals surface area contributed by atoms with Crippen LogP contribution in [0.15, 0.2) is 46.5 Å². The maximum Gasteiger partial charge on any atom is 0.194 e. The van der Waals surface area contributed by atoms with Crippen LogP contribution in [0.3, 0.4) is 0 Å². The van der Waals surface area contributed by atoms with Crippen molar-refractivity contribution >= 4 is 29.1 Å². The standard InChI is InChI=1S/C20H23N6S.Ac/c1-20(2,3)16-11-17(23-18-10-15(25-26-18)12-4-5-12)24-19(22-16)27-14-8-6-13(21)7-9-14;/h6-12,21H,4-5H2,1-3H3,(H2,22,23,24,25,26);/q-1;. The van der Waals surface area contributed by atoms with Crippen molar-refractivity contribution < 1.29 is 44.1 Å². The second-order valence-electron chi connectivity index (χ2n) is 7.91. The molecule has 0 aliphatic heterocycles. The van der Waals surface area contributed by atoms with Gasteiger partial charge in [-0.15, -0.1) is 5.69 Å². The first-order chi connectivity index (χ1) is 12.9. The van der Waals surface area contributed by atoms with Gasteiger partial charge >= 0.3 is 0 Å². The second kappa shape index (κ2) is 8.73. The average Bonchev–Trinajstić information content (AvgIpc) is 3.36. The van der Waals surface area contributed by atoms with E-state index in [0.29, 0.717) is 16.8 Å². The minimum atomic E-state index is -0.0928. The van der Waals surface area contributed by atoms with E-state index in [-0.39, 0.29) is 49.5 Å². The average molecular weight is 607 g/mol. The van der Waals surface area contributed by atoms with Crippen LogP contribution in [-0.4, -0.2) is 20.2 Å². The van der Waals surface area contributed by atoms with Crippen molar-refractivity contribution in [2.45, 2.75) is 55.0 Å². The number of nitrogens with one attached hydrogen (secondary N) is 3. The van der Waals surface area contributed by atoms with E-state index >= 15 is 0 Å². The van der Waals surface area contributed by atoms with Gasteiger partial charge in [-0.1, -0.05) is 32.9 Å². The summed E-state index contributed by atoms with van der Waals surface area (Å²) in [5, 5.41) is 11.5. The molecule has 2 aromatic heterocycles. The predicted octanol–water partition coefficient (Wildman–Crippen LogP) is 5.95. The molecule has 0 spiro atoms. The van der Waals surface area contributed by atoms with Gasteiger partial charge in [-0.3, -0.25) is 5.10 Å². The molecule has 1 fully saturated rings. The molecule has 3 aromatic rings. The first-order valence-electron chi connectivity index (χ1n) is 9.08. The first-order valence-corrected chi connectivity index (χ1v) is 9.90. The molecule has 28 heavy (non-hydrogen) atoms. The summed E-state index contributed by atoms with van der Waals surface area (Å²) in [5.41, 5.74) is 10.2. The maximum atomic E-state index is 7.62. The molecule has 1 saturated carbocycles. The van der Waals surface area contributed by atoms with Crippen molar-refractivity contribution in [2.24, 2.45) is 0 Å². The molecule has 8 heteroatoms. The summed E-state index contributed by atoms with van der Waals surface area (Å²) in [6, 6.07) is 11.4. The predicted molar refractivity (Wildman–Crippen MR) is 109 cm³/mol. The first kappa shape index (κ1) is 21.6. The third kappa shape index (κ3) is 5.49. The van der Waals surface area contributed by atoms with Crippen molar-refractivity contribution in [3.8, 4) is 0 Å².